The van der Waals surface area contributed by atoms with Crippen molar-refractivity contribution in [2.45, 2.75) is 6.42 Å². The minimum Gasteiger partial charge on any atom is -0.490 e. The van der Waals surface area contributed by atoms with E-state index in [2.05, 4.69) is 4.98 Å². The first-order chi connectivity index (χ1) is 7.34. The lowest BCUT2D eigenvalue weighted by molar-refractivity contribution is 0.297. The molecule has 15 heavy (non-hydrogen) atoms. The first-order valence-corrected chi connectivity index (χ1v) is 5.01. The number of rotatable bonds is 0. The molecule has 0 aliphatic carbocycles. The predicted molar refractivity (Wildman–Crippen MR) is 58.3 cm³/mol. The van der Waals surface area contributed by atoms with Gasteiger partial charge in [-0.2, -0.15) is 0 Å². The molecule has 0 bridgehead atoms. The van der Waals surface area contributed by atoms with Crippen LogP contribution in [0.3, 0.4) is 0 Å². The maximum Gasteiger partial charge on any atom is 0.161 e. The smallest absolute Gasteiger partial charge is 0.161 e. The third kappa shape index (κ3) is 1.29. The Kier molecular flexibility index (Phi) is 1.74. The van der Waals surface area contributed by atoms with Crippen LogP contribution >= 0.6 is 0 Å². The van der Waals surface area contributed by atoms with Crippen molar-refractivity contribution in [2.24, 2.45) is 0 Å². The molecule has 2 aromatic rings. The topological polar surface area (TPSA) is 60.3 Å². The summed E-state index contributed by atoms with van der Waals surface area (Å²) in [5.41, 5.74) is 5.80. The minimum absolute atomic E-state index is 0.667. The number of ether oxygens (including phenoxy) is 2. The number of anilines is 1. The van der Waals surface area contributed by atoms with Gasteiger partial charge in [-0.3, -0.25) is 0 Å². The molecular formula is C11H12N2O2. The van der Waals surface area contributed by atoms with Gasteiger partial charge < -0.3 is 20.2 Å². The van der Waals surface area contributed by atoms with Crippen molar-refractivity contribution in [1.82, 2.24) is 4.98 Å². The Balaban J connectivity index is 2.22. The van der Waals surface area contributed by atoms with E-state index in [0.29, 0.717) is 19.0 Å². The molecule has 0 atom stereocenters. The molecule has 4 heteroatoms. The van der Waals surface area contributed by atoms with Crippen LogP contribution in [0.1, 0.15) is 6.42 Å². The first-order valence-electron chi connectivity index (χ1n) is 5.01. The maximum absolute atomic E-state index is 5.80. The summed E-state index contributed by atoms with van der Waals surface area (Å²) in [6.07, 6.45) is 2.79. The van der Waals surface area contributed by atoms with Gasteiger partial charge in [0, 0.05) is 23.4 Å². The summed E-state index contributed by atoms with van der Waals surface area (Å²) in [6.45, 7) is 1.40. The summed E-state index contributed by atoms with van der Waals surface area (Å²) < 4.78 is 11.2. The van der Waals surface area contributed by atoms with Crippen LogP contribution in [-0.2, 0) is 0 Å². The van der Waals surface area contributed by atoms with Gasteiger partial charge in [0.2, 0.25) is 0 Å². The Bertz CT molecular complexity index is 505. The standard InChI is InChI=1S/C11H12N2O2/c12-11-8-5-10-9(4-7(8)6-13-11)14-2-1-3-15-10/h4-6,13H,1-3,12H2. The van der Waals surface area contributed by atoms with Gasteiger partial charge in [-0.25, -0.2) is 0 Å². The van der Waals surface area contributed by atoms with Crippen LogP contribution in [0.25, 0.3) is 10.8 Å². The highest BCUT2D eigenvalue weighted by atomic mass is 16.5. The molecule has 1 aliphatic heterocycles. The summed E-state index contributed by atoms with van der Waals surface area (Å²) in [5.74, 6) is 2.26. The van der Waals surface area contributed by atoms with Crippen molar-refractivity contribution in [1.29, 1.82) is 0 Å². The van der Waals surface area contributed by atoms with E-state index in [0.717, 1.165) is 28.7 Å². The van der Waals surface area contributed by atoms with Crippen molar-refractivity contribution in [3.63, 3.8) is 0 Å². The largest absolute Gasteiger partial charge is 0.490 e. The molecule has 1 aromatic carbocycles. The Morgan fingerprint density at radius 3 is 2.67 bits per heavy atom. The van der Waals surface area contributed by atoms with Crippen LogP contribution in [0.15, 0.2) is 18.3 Å². The Morgan fingerprint density at radius 1 is 1.13 bits per heavy atom. The normalized spacial score (nSPS) is 15.2. The summed E-state index contributed by atoms with van der Waals surface area (Å²) >= 11 is 0. The molecule has 0 saturated heterocycles. The molecule has 0 unspecified atom stereocenters. The van der Waals surface area contributed by atoms with Gasteiger partial charge in [0.25, 0.3) is 0 Å². The van der Waals surface area contributed by atoms with Crippen molar-refractivity contribution in [2.75, 3.05) is 18.9 Å². The lowest BCUT2D eigenvalue weighted by atomic mass is 10.2. The van der Waals surface area contributed by atoms with Gasteiger partial charge in [0.15, 0.2) is 11.5 Å². The highest BCUT2D eigenvalue weighted by Crippen LogP contribution is 2.35. The SMILES string of the molecule is Nc1[nH]cc2cc3c(cc12)OCCCO3. The van der Waals surface area contributed by atoms with E-state index in [4.69, 9.17) is 15.2 Å². The van der Waals surface area contributed by atoms with E-state index in [1.54, 1.807) is 0 Å². The Morgan fingerprint density at radius 2 is 1.87 bits per heavy atom. The van der Waals surface area contributed by atoms with E-state index in [1.165, 1.54) is 0 Å². The highest BCUT2D eigenvalue weighted by Gasteiger charge is 2.12. The van der Waals surface area contributed by atoms with Crippen molar-refractivity contribution < 1.29 is 9.47 Å². The van der Waals surface area contributed by atoms with E-state index < -0.39 is 0 Å². The zero-order chi connectivity index (χ0) is 10.3. The van der Waals surface area contributed by atoms with E-state index in [9.17, 15) is 0 Å². The molecule has 78 valence electrons. The van der Waals surface area contributed by atoms with Crippen molar-refractivity contribution >= 4 is 16.6 Å². The quantitative estimate of drug-likeness (QED) is 0.689. The monoisotopic (exact) mass is 204 g/mol. The third-order valence-electron chi connectivity index (χ3n) is 2.59. The van der Waals surface area contributed by atoms with Gasteiger partial charge in [-0.1, -0.05) is 0 Å². The molecule has 4 nitrogen and oxygen atoms in total. The number of nitrogen functional groups attached to an aromatic ring is 1. The maximum atomic E-state index is 5.80. The number of fused-ring (bicyclic) bond motifs is 2. The fourth-order valence-electron chi connectivity index (χ4n) is 1.81. The van der Waals surface area contributed by atoms with Crippen LogP contribution in [-0.4, -0.2) is 18.2 Å². The average molecular weight is 204 g/mol. The highest BCUT2D eigenvalue weighted by molar-refractivity contribution is 5.94. The van der Waals surface area contributed by atoms with Crippen LogP contribution in [0, 0.1) is 0 Å². The van der Waals surface area contributed by atoms with Gasteiger partial charge in [-0.15, -0.1) is 0 Å². The van der Waals surface area contributed by atoms with Crippen LogP contribution in [0.5, 0.6) is 11.5 Å². The zero-order valence-electron chi connectivity index (χ0n) is 8.25. The molecule has 1 aliphatic rings. The van der Waals surface area contributed by atoms with Gasteiger partial charge in [0.1, 0.15) is 5.82 Å². The molecule has 0 radical (unpaired) electrons. The Labute approximate surface area is 87.0 Å². The van der Waals surface area contributed by atoms with Crippen LogP contribution < -0.4 is 15.2 Å². The zero-order valence-corrected chi connectivity index (χ0v) is 8.25. The summed E-state index contributed by atoms with van der Waals surface area (Å²) in [7, 11) is 0. The predicted octanol–water partition coefficient (Wildman–Crippen LogP) is 1.91. The van der Waals surface area contributed by atoms with E-state index in [-0.39, 0.29) is 0 Å². The summed E-state index contributed by atoms with van der Waals surface area (Å²) in [6, 6.07) is 3.89. The third-order valence-corrected chi connectivity index (χ3v) is 2.59. The second kappa shape index (κ2) is 3.08. The van der Waals surface area contributed by atoms with Crippen molar-refractivity contribution in [3.05, 3.63) is 18.3 Å². The van der Waals surface area contributed by atoms with E-state index in [1.807, 2.05) is 18.3 Å². The second-order valence-corrected chi connectivity index (χ2v) is 3.64. The number of hydrogen-bond acceptors (Lipinski definition) is 3. The fourth-order valence-corrected chi connectivity index (χ4v) is 1.81. The molecule has 0 spiro atoms. The molecule has 0 fully saturated rings. The minimum atomic E-state index is 0.667. The van der Waals surface area contributed by atoms with Crippen LogP contribution in [0.2, 0.25) is 0 Å². The summed E-state index contributed by atoms with van der Waals surface area (Å²) in [5, 5.41) is 2.04. The fraction of sp³-hybridized carbons (Fsp3) is 0.273. The van der Waals surface area contributed by atoms with Gasteiger partial charge >= 0.3 is 0 Å². The van der Waals surface area contributed by atoms with E-state index >= 15 is 0 Å². The molecule has 3 N–H and O–H groups in total. The van der Waals surface area contributed by atoms with Crippen molar-refractivity contribution in [3.8, 4) is 11.5 Å². The molecular weight excluding hydrogens is 192 g/mol. The second-order valence-electron chi connectivity index (χ2n) is 3.64. The number of nitrogens with one attached hydrogen (secondary N) is 1. The van der Waals surface area contributed by atoms with Gasteiger partial charge in [0.05, 0.1) is 13.2 Å². The number of aromatic nitrogens is 1. The summed E-state index contributed by atoms with van der Waals surface area (Å²) in [4.78, 5) is 2.98. The number of hydrogen-bond donors (Lipinski definition) is 2. The molecule has 2 heterocycles. The number of benzene rings is 1. The van der Waals surface area contributed by atoms with Gasteiger partial charge in [-0.05, 0) is 12.1 Å². The average Bonchev–Trinajstić information content (AvgIpc) is 2.49. The lowest BCUT2D eigenvalue weighted by Gasteiger charge is -2.06. The Hall–Kier alpha value is -1.84. The molecule has 0 saturated carbocycles. The number of aromatic amines is 1. The number of nitrogens with two attached hydrogens (primary N) is 1. The molecule has 0 amide bonds. The first kappa shape index (κ1) is 8.47. The molecule has 1 aromatic heterocycles. The number of H-pyrrole nitrogens is 1. The molecule has 3 rings (SSSR count). The van der Waals surface area contributed by atoms with Crippen LogP contribution in [0.4, 0.5) is 5.82 Å². The lowest BCUT2D eigenvalue weighted by Crippen LogP contribution is -1.97.